The van der Waals surface area contributed by atoms with E-state index in [0.29, 0.717) is 28.7 Å². The van der Waals surface area contributed by atoms with Crippen molar-refractivity contribution in [2.75, 3.05) is 25.0 Å². The number of hydrogen-bond acceptors (Lipinski definition) is 12. The third-order valence-electron chi connectivity index (χ3n) is 13.9. The number of alkyl halides is 2. The van der Waals surface area contributed by atoms with Gasteiger partial charge in [0.05, 0.1) is 18.6 Å². The quantitative estimate of drug-likeness (QED) is 0.0880. The Labute approximate surface area is 423 Å². The van der Waals surface area contributed by atoms with Crippen LogP contribution in [0.2, 0.25) is 0 Å². The van der Waals surface area contributed by atoms with Crippen LogP contribution in [0.1, 0.15) is 71.6 Å². The number of nitrogens with one attached hydrogen (secondary N) is 3. The Balaban J connectivity index is 1.01. The highest BCUT2D eigenvalue weighted by atomic mass is 19.3. The summed E-state index contributed by atoms with van der Waals surface area (Å²) in [6.07, 6.45) is 2.08. The molecule has 74 heavy (non-hydrogen) atoms. The van der Waals surface area contributed by atoms with Gasteiger partial charge in [0.25, 0.3) is 5.91 Å². The largest absolute Gasteiger partial charge is 0.394 e. The summed E-state index contributed by atoms with van der Waals surface area (Å²) >= 11 is 0. The maximum atomic E-state index is 15.1. The maximum absolute atomic E-state index is 15.1. The highest BCUT2D eigenvalue weighted by molar-refractivity contribution is 6.00. The van der Waals surface area contributed by atoms with Crippen molar-refractivity contribution in [2.24, 2.45) is 0 Å². The zero-order valence-corrected chi connectivity index (χ0v) is 40.1. The summed E-state index contributed by atoms with van der Waals surface area (Å²) in [4.78, 5) is 98.9. The van der Waals surface area contributed by atoms with E-state index in [4.69, 9.17) is 9.72 Å². The summed E-state index contributed by atoms with van der Waals surface area (Å²) in [6.45, 7) is 0.900. The molecule has 19 nitrogen and oxygen atoms in total. The van der Waals surface area contributed by atoms with Gasteiger partial charge < -0.3 is 45.3 Å². The standard InChI is InChI=1S/C53H54F2N10O9/c1-33(58-45(68)34-21-24-56-25-22-34)48(71)63-26-11-19-40(63)46(69)59-39(29-38-30-62(32-57-38)52(35-13-5-2-6-14-35,36-15-7-3-8-16-36)37-17-9-4-10-18-37)49(72)64-27-12-20-41(64)47(70)60-43-23-28-65(51(73)61-43)50-53(54,55)44(67)42(31-66)74-50/h2-10,13-18,21-25,28,30,32-33,39-42,44,50,66-67H,11-12,19-20,26-27,29,31H2,1H3,(H,58,68)(H,59,69)(H,60,61,70,73)/t33-,39+,40+,41-,42?,44?,50?/m1/s1. The van der Waals surface area contributed by atoms with E-state index in [2.05, 4.69) is 25.9 Å². The molecule has 3 fully saturated rings. The van der Waals surface area contributed by atoms with Crippen LogP contribution in [0.15, 0.2) is 145 Å². The number of aliphatic hydroxyl groups is 2. The second kappa shape index (κ2) is 21.6. The summed E-state index contributed by atoms with van der Waals surface area (Å²) in [5, 5.41) is 27.5. The number of aromatic nitrogens is 5. The van der Waals surface area contributed by atoms with Crippen molar-refractivity contribution in [3.05, 3.63) is 179 Å². The van der Waals surface area contributed by atoms with E-state index in [1.165, 1.54) is 41.2 Å². The lowest BCUT2D eigenvalue weighted by Crippen LogP contribution is -2.57. The van der Waals surface area contributed by atoms with Gasteiger partial charge in [0.2, 0.25) is 29.9 Å². The minimum absolute atomic E-state index is 0.0943. The lowest BCUT2D eigenvalue weighted by molar-refractivity contribution is -0.143. The molecule has 3 aliphatic heterocycles. The molecule has 21 heteroatoms. The summed E-state index contributed by atoms with van der Waals surface area (Å²) in [7, 11) is 0. The molecule has 6 aromatic rings. The van der Waals surface area contributed by atoms with Crippen molar-refractivity contribution in [2.45, 2.75) is 93.1 Å². The molecule has 3 aliphatic rings. The molecule has 9 rings (SSSR count). The van der Waals surface area contributed by atoms with Gasteiger partial charge in [-0.05, 0) is 67.5 Å². The van der Waals surface area contributed by atoms with Crippen LogP contribution in [0.5, 0.6) is 0 Å². The number of pyridine rings is 1. The number of hydrogen-bond donors (Lipinski definition) is 5. The number of likely N-dealkylation sites (tertiary alicyclic amines) is 2. The smallest absolute Gasteiger partial charge is 0.351 e. The van der Waals surface area contributed by atoms with Crippen molar-refractivity contribution in [3.63, 3.8) is 0 Å². The van der Waals surface area contributed by atoms with E-state index in [9.17, 15) is 43.0 Å². The van der Waals surface area contributed by atoms with E-state index in [0.717, 1.165) is 29.0 Å². The van der Waals surface area contributed by atoms with E-state index in [1.54, 1.807) is 6.33 Å². The summed E-state index contributed by atoms with van der Waals surface area (Å²) < 4.78 is 37.3. The van der Waals surface area contributed by atoms with Crippen LogP contribution in [-0.2, 0) is 35.9 Å². The molecule has 3 aromatic carbocycles. The first kappa shape index (κ1) is 50.9. The van der Waals surface area contributed by atoms with Crippen LogP contribution in [0, 0.1) is 0 Å². The lowest BCUT2D eigenvalue weighted by Gasteiger charge is -2.37. The monoisotopic (exact) mass is 1010 g/mol. The molecule has 3 aromatic heterocycles. The van der Waals surface area contributed by atoms with Crippen LogP contribution in [-0.4, -0.2) is 136 Å². The number of amides is 5. The van der Waals surface area contributed by atoms with Crippen LogP contribution in [0.25, 0.3) is 0 Å². The van der Waals surface area contributed by atoms with Gasteiger partial charge in [-0.15, -0.1) is 0 Å². The molecule has 5 N–H and O–H groups in total. The van der Waals surface area contributed by atoms with Crippen molar-refractivity contribution >= 4 is 35.4 Å². The highest BCUT2D eigenvalue weighted by Crippen LogP contribution is 2.43. The van der Waals surface area contributed by atoms with Crippen LogP contribution < -0.4 is 21.6 Å². The van der Waals surface area contributed by atoms with Crippen LogP contribution in [0.3, 0.4) is 0 Å². The summed E-state index contributed by atoms with van der Waals surface area (Å²) in [6, 6.07) is 29.2. The number of carbonyl (C=O) groups excluding carboxylic acids is 5. The number of ether oxygens (including phenoxy) is 1. The molecule has 7 atom stereocenters. The van der Waals surface area contributed by atoms with Gasteiger partial charge in [0.1, 0.15) is 41.6 Å². The van der Waals surface area contributed by atoms with E-state index < -0.39 is 95.9 Å². The van der Waals surface area contributed by atoms with Crippen molar-refractivity contribution in [1.82, 2.24) is 44.5 Å². The Morgan fingerprint density at radius 3 is 1.92 bits per heavy atom. The zero-order valence-electron chi connectivity index (χ0n) is 40.1. The number of halogens is 2. The lowest BCUT2D eigenvalue weighted by atomic mass is 9.77. The third-order valence-corrected chi connectivity index (χ3v) is 13.9. The molecule has 0 aliphatic carbocycles. The molecule has 3 unspecified atom stereocenters. The van der Waals surface area contributed by atoms with Crippen molar-refractivity contribution < 1.29 is 47.7 Å². The Morgan fingerprint density at radius 2 is 1.36 bits per heavy atom. The number of carbonyl (C=O) groups is 5. The fraction of sp³-hybridized carbons (Fsp3) is 0.340. The Bertz CT molecular complexity index is 2940. The molecular formula is C53H54F2N10O9. The molecule has 0 radical (unpaired) electrons. The topological polar surface area (TPSA) is 243 Å². The minimum Gasteiger partial charge on any atom is -0.394 e. The molecule has 6 heterocycles. The molecule has 0 spiro atoms. The minimum atomic E-state index is -3.96. The second-order valence-corrected chi connectivity index (χ2v) is 18.5. The number of anilines is 1. The van der Waals surface area contributed by atoms with Crippen LogP contribution in [0.4, 0.5) is 14.6 Å². The van der Waals surface area contributed by atoms with Gasteiger partial charge in [0, 0.05) is 49.9 Å². The van der Waals surface area contributed by atoms with Gasteiger partial charge in [-0.25, -0.2) is 9.78 Å². The van der Waals surface area contributed by atoms with Gasteiger partial charge >= 0.3 is 11.6 Å². The molecule has 0 saturated carbocycles. The molecule has 3 saturated heterocycles. The highest BCUT2D eigenvalue weighted by Gasteiger charge is 2.59. The molecule has 5 amide bonds. The SMILES string of the molecule is C[C@@H](NC(=O)c1ccncc1)C(=O)N1CCC[C@H]1C(=O)N[C@@H](Cc1cn(C(c2ccccc2)(c2ccccc2)c2ccccc2)cn1)C(=O)N1CCC[C@@H]1C(=O)Nc1ccn(C2OC(CO)C(O)C2(F)F)c(=O)n1. The normalized spacial score (nSPS) is 21.2. The summed E-state index contributed by atoms with van der Waals surface area (Å²) in [5.41, 5.74) is 1.23. The Kier molecular flexibility index (Phi) is 14.9. The molecule has 384 valence electrons. The molecular weight excluding hydrogens is 959 g/mol. The average Bonchev–Trinajstić information content (AvgIpc) is 4.26. The molecule has 0 bridgehead atoms. The summed E-state index contributed by atoms with van der Waals surface area (Å²) in [5.74, 6) is -7.30. The number of rotatable bonds is 16. The van der Waals surface area contributed by atoms with Gasteiger partial charge in [0.15, 0.2) is 6.10 Å². The first-order chi connectivity index (χ1) is 35.7. The predicted octanol–water partition coefficient (Wildman–Crippen LogP) is 3.03. The Hall–Kier alpha value is -8.01. The van der Waals surface area contributed by atoms with Crippen molar-refractivity contribution in [1.29, 1.82) is 0 Å². The van der Waals surface area contributed by atoms with E-state index in [1.807, 2.05) is 102 Å². The van der Waals surface area contributed by atoms with Crippen molar-refractivity contribution in [3.8, 4) is 0 Å². The van der Waals surface area contributed by atoms with Crippen LogP contribution >= 0.6 is 0 Å². The zero-order chi connectivity index (χ0) is 52.1. The van der Waals surface area contributed by atoms with E-state index >= 15 is 4.79 Å². The average molecular weight is 1010 g/mol. The number of imidazole rings is 1. The maximum Gasteiger partial charge on any atom is 0.351 e. The third kappa shape index (κ3) is 9.92. The fourth-order valence-corrected chi connectivity index (χ4v) is 10.2. The second-order valence-electron chi connectivity index (χ2n) is 18.5. The van der Waals surface area contributed by atoms with E-state index in [-0.39, 0.29) is 38.2 Å². The van der Waals surface area contributed by atoms with Gasteiger partial charge in [-0.2, -0.15) is 13.8 Å². The number of aliphatic hydroxyl groups excluding tert-OH is 2. The number of benzene rings is 3. The fourth-order valence-electron chi connectivity index (χ4n) is 10.2. The number of nitrogens with zero attached hydrogens (tertiary/aromatic N) is 7. The first-order valence-electron chi connectivity index (χ1n) is 24.3. The predicted molar refractivity (Wildman–Crippen MR) is 262 cm³/mol. The van der Waals surface area contributed by atoms with Gasteiger partial charge in [-0.3, -0.25) is 33.5 Å². The first-order valence-corrected chi connectivity index (χ1v) is 24.3. The van der Waals surface area contributed by atoms with Gasteiger partial charge in [-0.1, -0.05) is 91.0 Å². The Morgan fingerprint density at radius 1 is 0.797 bits per heavy atom.